The van der Waals surface area contributed by atoms with Crippen LogP contribution in [-0.2, 0) is 18.4 Å². The number of halogens is 1. The van der Waals surface area contributed by atoms with Crippen molar-refractivity contribution in [3.05, 3.63) is 52.8 Å². The number of aromatic nitrogens is 2. The van der Waals surface area contributed by atoms with Crippen LogP contribution in [0.4, 0.5) is 0 Å². The Bertz CT molecular complexity index is 711. The first kappa shape index (κ1) is 19.5. The van der Waals surface area contributed by atoms with E-state index in [0.29, 0.717) is 12.2 Å². The number of amides is 1. The normalized spacial score (nSPS) is 15.0. The summed E-state index contributed by atoms with van der Waals surface area (Å²) in [6.45, 7) is 8.12. The van der Waals surface area contributed by atoms with Crippen molar-refractivity contribution in [2.24, 2.45) is 0 Å². The van der Waals surface area contributed by atoms with Crippen LogP contribution in [0.25, 0.3) is 0 Å². The van der Waals surface area contributed by atoms with Crippen molar-refractivity contribution >= 4 is 18.3 Å². The zero-order valence-corrected chi connectivity index (χ0v) is 15.9. The molecule has 1 aliphatic heterocycles. The number of nitrogens with one attached hydrogen (secondary N) is 3. The molecule has 25 heavy (non-hydrogen) atoms. The van der Waals surface area contributed by atoms with E-state index in [1.54, 1.807) is 0 Å². The molecular formula is C19H27ClN4O. The lowest BCUT2D eigenvalue weighted by Gasteiger charge is -2.29. The average molecular weight is 363 g/mol. The fraction of sp³-hybridized carbons (Fsp3) is 0.474. The molecule has 2 heterocycles. The van der Waals surface area contributed by atoms with E-state index < -0.39 is 0 Å². The first-order valence-electron chi connectivity index (χ1n) is 8.60. The van der Waals surface area contributed by atoms with Crippen LogP contribution in [0.1, 0.15) is 54.5 Å². The van der Waals surface area contributed by atoms with Gasteiger partial charge in [0, 0.05) is 36.8 Å². The molecule has 3 N–H and O–H groups in total. The molecule has 1 atom stereocenters. The fourth-order valence-corrected chi connectivity index (χ4v) is 3.53. The number of hydrogen-bond acceptors (Lipinski definition) is 3. The Hall–Kier alpha value is -1.85. The highest BCUT2D eigenvalue weighted by molar-refractivity contribution is 5.94. The predicted octanol–water partition coefficient (Wildman–Crippen LogP) is 2.96. The van der Waals surface area contributed by atoms with Crippen LogP contribution in [0.5, 0.6) is 0 Å². The summed E-state index contributed by atoms with van der Waals surface area (Å²) < 4.78 is 0. The molecule has 2 aromatic rings. The lowest BCUT2D eigenvalue weighted by atomic mass is 9.79. The third kappa shape index (κ3) is 4.41. The molecule has 0 saturated heterocycles. The van der Waals surface area contributed by atoms with Gasteiger partial charge in [-0.1, -0.05) is 44.2 Å². The molecule has 0 radical (unpaired) electrons. The number of fused-ring (bicyclic) bond motifs is 1. The number of nitrogens with zero attached hydrogens (tertiary/aromatic N) is 1. The lowest BCUT2D eigenvalue weighted by molar-refractivity contribution is 0.0928. The second-order valence-corrected chi connectivity index (χ2v) is 7.28. The Labute approximate surface area is 155 Å². The van der Waals surface area contributed by atoms with Crippen LogP contribution in [-0.4, -0.2) is 28.7 Å². The van der Waals surface area contributed by atoms with E-state index in [9.17, 15) is 4.79 Å². The maximum Gasteiger partial charge on any atom is 0.272 e. The quantitative estimate of drug-likeness (QED) is 0.765. The molecule has 3 rings (SSSR count). The summed E-state index contributed by atoms with van der Waals surface area (Å²) in [7, 11) is 0. The van der Waals surface area contributed by atoms with Gasteiger partial charge in [0.15, 0.2) is 5.69 Å². The molecule has 5 nitrogen and oxygen atoms in total. The van der Waals surface area contributed by atoms with Gasteiger partial charge in [-0.2, -0.15) is 5.10 Å². The Morgan fingerprint density at radius 1 is 1.32 bits per heavy atom. The van der Waals surface area contributed by atoms with Crippen molar-refractivity contribution in [2.45, 2.75) is 51.6 Å². The largest absolute Gasteiger partial charge is 0.348 e. The molecule has 1 aromatic heterocycles. The van der Waals surface area contributed by atoms with Gasteiger partial charge in [-0.25, -0.2) is 0 Å². The molecule has 0 fully saturated rings. The SMILES string of the molecule is CC(CC(C)(C)c1ccccc1)NC(=O)c1n[nH]c2c1CNCC2.Cl. The highest BCUT2D eigenvalue weighted by Gasteiger charge is 2.26. The van der Waals surface area contributed by atoms with Crippen LogP contribution in [0.2, 0.25) is 0 Å². The van der Waals surface area contributed by atoms with E-state index in [-0.39, 0.29) is 29.8 Å². The maximum absolute atomic E-state index is 12.6. The summed E-state index contributed by atoms with van der Waals surface area (Å²) in [5.74, 6) is -0.0902. The van der Waals surface area contributed by atoms with E-state index >= 15 is 0 Å². The number of carbonyl (C=O) groups is 1. The van der Waals surface area contributed by atoms with Crippen LogP contribution in [0.15, 0.2) is 30.3 Å². The topological polar surface area (TPSA) is 69.8 Å². The van der Waals surface area contributed by atoms with Crippen molar-refractivity contribution in [2.75, 3.05) is 6.54 Å². The minimum atomic E-state index is -0.0902. The zero-order chi connectivity index (χ0) is 17.2. The van der Waals surface area contributed by atoms with Crippen molar-refractivity contribution in [1.29, 1.82) is 0 Å². The van der Waals surface area contributed by atoms with Gasteiger partial charge in [-0.3, -0.25) is 9.89 Å². The number of H-pyrrole nitrogens is 1. The minimum absolute atomic E-state index is 0. The van der Waals surface area contributed by atoms with Crippen molar-refractivity contribution in [1.82, 2.24) is 20.8 Å². The van der Waals surface area contributed by atoms with E-state index in [1.165, 1.54) is 5.56 Å². The lowest BCUT2D eigenvalue weighted by Crippen LogP contribution is -2.38. The van der Waals surface area contributed by atoms with E-state index in [2.05, 4.69) is 65.9 Å². The van der Waals surface area contributed by atoms with Crippen molar-refractivity contribution in [3.8, 4) is 0 Å². The highest BCUT2D eigenvalue weighted by atomic mass is 35.5. The van der Waals surface area contributed by atoms with Gasteiger partial charge in [0.1, 0.15) is 0 Å². The third-order valence-corrected chi connectivity index (χ3v) is 4.77. The van der Waals surface area contributed by atoms with Crippen molar-refractivity contribution in [3.63, 3.8) is 0 Å². The summed E-state index contributed by atoms with van der Waals surface area (Å²) in [5, 5.41) is 13.6. The molecule has 0 aliphatic carbocycles. The molecule has 0 bridgehead atoms. The number of benzene rings is 1. The maximum atomic E-state index is 12.6. The molecule has 0 saturated carbocycles. The molecule has 0 spiro atoms. The van der Waals surface area contributed by atoms with Gasteiger partial charge in [-0.15, -0.1) is 12.4 Å². The molecule has 1 unspecified atom stereocenters. The Kier molecular flexibility index (Phi) is 6.25. The van der Waals surface area contributed by atoms with Crippen molar-refractivity contribution < 1.29 is 4.79 Å². The van der Waals surface area contributed by atoms with Crippen LogP contribution in [0.3, 0.4) is 0 Å². The van der Waals surface area contributed by atoms with E-state index in [4.69, 9.17) is 0 Å². The smallest absolute Gasteiger partial charge is 0.272 e. The number of carbonyl (C=O) groups excluding carboxylic acids is 1. The number of aromatic amines is 1. The Morgan fingerprint density at radius 3 is 2.76 bits per heavy atom. The molecule has 1 aliphatic rings. The first-order chi connectivity index (χ1) is 11.5. The van der Waals surface area contributed by atoms with Crippen LogP contribution >= 0.6 is 12.4 Å². The molecule has 136 valence electrons. The molecule has 6 heteroatoms. The second-order valence-electron chi connectivity index (χ2n) is 7.28. The standard InChI is InChI=1S/C19H26N4O.ClH/c1-13(11-19(2,3)14-7-5-4-6-8-14)21-18(24)17-15-12-20-10-9-16(15)22-23-17;/h4-8,13,20H,9-12H2,1-3H3,(H,21,24)(H,22,23);1H. The van der Waals surface area contributed by atoms with Crippen LogP contribution in [0, 0.1) is 0 Å². The zero-order valence-electron chi connectivity index (χ0n) is 15.1. The van der Waals surface area contributed by atoms with Gasteiger partial charge < -0.3 is 10.6 Å². The Morgan fingerprint density at radius 2 is 2.04 bits per heavy atom. The monoisotopic (exact) mass is 362 g/mol. The van der Waals surface area contributed by atoms with E-state index in [1.807, 2.05) is 6.07 Å². The summed E-state index contributed by atoms with van der Waals surface area (Å²) >= 11 is 0. The predicted molar refractivity (Wildman–Crippen MR) is 102 cm³/mol. The van der Waals surface area contributed by atoms with Gasteiger partial charge in [0.2, 0.25) is 0 Å². The third-order valence-electron chi connectivity index (χ3n) is 4.77. The van der Waals surface area contributed by atoms with Crippen LogP contribution < -0.4 is 10.6 Å². The van der Waals surface area contributed by atoms with Gasteiger partial charge >= 0.3 is 0 Å². The molecule has 1 amide bonds. The number of hydrogen-bond donors (Lipinski definition) is 3. The van der Waals surface area contributed by atoms with Gasteiger partial charge in [-0.05, 0) is 24.3 Å². The second kappa shape index (κ2) is 8.02. The average Bonchev–Trinajstić information content (AvgIpc) is 2.99. The molecular weight excluding hydrogens is 336 g/mol. The van der Waals surface area contributed by atoms with Gasteiger partial charge in [0.25, 0.3) is 5.91 Å². The summed E-state index contributed by atoms with van der Waals surface area (Å²) in [6.07, 6.45) is 1.76. The van der Waals surface area contributed by atoms with E-state index in [0.717, 1.165) is 30.6 Å². The summed E-state index contributed by atoms with van der Waals surface area (Å²) in [5.41, 5.74) is 3.90. The summed E-state index contributed by atoms with van der Waals surface area (Å²) in [4.78, 5) is 12.6. The first-order valence-corrected chi connectivity index (χ1v) is 8.60. The highest BCUT2D eigenvalue weighted by Crippen LogP contribution is 2.28. The Balaban J connectivity index is 0.00000225. The number of rotatable bonds is 5. The summed E-state index contributed by atoms with van der Waals surface area (Å²) in [6, 6.07) is 10.5. The minimum Gasteiger partial charge on any atom is -0.348 e. The van der Waals surface area contributed by atoms with Gasteiger partial charge in [0.05, 0.1) is 0 Å². The molecule has 1 aromatic carbocycles. The fourth-order valence-electron chi connectivity index (χ4n) is 3.53.